The highest BCUT2D eigenvalue weighted by atomic mass is 32.2. The van der Waals surface area contributed by atoms with Gasteiger partial charge in [-0.25, -0.2) is 9.78 Å². The minimum Gasteiger partial charge on any atom is -0.464 e. The fourth-order valence-electron chi connectivity index (χ4n) is 1.54. The second kappa shape index (κ2) is 5.95. The van der Waals surface area contributed by atoms with Crippen molar-refractivity contribution in [2.24, 2.45) is 0 Å². The number of carbonyl (C=O) groups is 1. The molecule has 0 spiro atoms. The second-order valence-corrected chi connectivity index (χ2v) is 5.15. The lowest BCUT2D eigenvalue weighted by molar-refractivity contribution is 0.0595. The molecule has 96 valence electrons. The molecule has 0 amide bonds. The summed E-state index contributed by atoms with van der Waals surface area (Å²) in [5.74, 6) is 0.654. The molecule has 0 bridgehead atoms. The molecule has 0 radical (unpaired) electrons. The van der Waals surface area contributed by atoms with Gasteiger partial charge in [0.15, 0.2) is 5.69 Å². The number of nitrogen functional groups attached to an aromatic ring is 1. The van der Waals surface area contributed by atoms with Gasteiger partial charge in [-0.3, -0.25) is 0 Å². The summed E-state index contributed by atoms with van der Waals surface area (Å²) >= 11 is 1.81. The minimum absolute atomic E-state index is 0.210. The standard InChI is InChI=1S/C11H19N3O2S/c1-7(17-4)5-6-14-8(2)13-9(10(14)12)11(15)16-3/h7H,5-6,12H2,1-4H3. The van der Waals surface area contributed by atoms with E-state index in [9.17, 15) is 4.79 Å². The number of esters is 1. The van der Waals surface area contributed by atoms with Crippen LogP contribution >= 0.6 is 11.8 Å². The Kier molecular flexibility index (Phi) is 4.86. The Bertz CT molecular complexity index is 404. The lowest BCUT2D eigenvalue weighted by Crippen LogP contribution is -2.11. The number of aryl methyl sites for hydroxylation is 1. The molecule has 5 nitrogen and oxygen atoms in total. The van der Waals surface area contributed by atoms with E-state index in [0.717, 1.165) is 18.8 Å². The van der Waals surface area contributed by atoms with Crippen LogP contribution in [0.25, 0.3) is 0 Å². The van der Waals surface area contributed by atoms with E-state index in [1.54, 1.807) is 0 Å². The molecule has 1 rings (SSSR count). The molecular formula is C11H19N3O2S. The monoisotopic (exact) mass is 257 g/mol. The quantitative estimate of drug-likeness (QED) is 0.813. The average Bonchev–Trinajstić information content (AvgIpc) is 2.61. The SMILES string of the molecule is COC(=O)c1nc(C)n(CCC(C)SC)c1N. The van der Waals surface area contributed by atoms with Crippen molar-refractivity contribution in [3.05, 3.63) is 11.5 Å². The van der Waals surface area contributed by atoms with Crippen molar-refractivity contribution in [2.75, 3.05) is 19.1 Å². The van der Waals surface area contributed by atoms with Gasteiger partial charge in [0.05, 0.1) is 7.11 Å². The molecule has 0 aliphatic carbocycles. The van der Waals surface area contributed by atoms with Crippen LogP contribution < -0.4 is 5.73 Å². The number of ether oxygens (including phenoxy) is 1. The van der Waals surface area contributed by atoms with Gasteiger partial charge < -0.3 is 15.0 Å². The molecular weight excluding hydrogens is 238 g/mol. The summed E-state index contributed by atoms with van der Waals surface area (Å²) in [5.41, 5.74) is 6.11. The van der Waals surface area contributed by atoms with E-state index in [4.69, 9.17) is 5.73 Å². The maximum Gasteiger partial charge on any atom is 0.360 e. The fraction of sp³-hybridized carbons (Fsp3) is 0.636. The van der Waals surface area contributed by atoms with Crippen LogP contribution in [-0.4, -0.2) is 34.1 Å². The highest BCUT2D eigenvalue weighted by molar-refractivity contribution is 7.99. The van der Waals surface area contributed by atoms with Gasteiger partial charge in [0.25, 0.3) is 0 Å². The molecule has 6 heteroatoms. The van der Waals surface area contributed by atoms with E-state index in [-0.39, 0.29) is 5.69 Å². The Morgan fingerprint density at radius 2 is 2.29 bits per heavy atom. The van der Waals surface area contributed by atoms with Crippen molar-refractivity contribution in [2.45, 2.75) is 32.1 Å². The van der Waals surface area contributed by atoms with Crippen LogP contribution in [0.15, 0.2) is 0 Å². The third-order valence-electron chi connectivity index (χ3n) is 2.74. The average molecular weight is 257 g/mol. The van der Waals surface area contributed by atoms with Crippen molar-refractivity contribution < 1.29 is 9.53 Å². The summed E-state index contributed by atoms with van der Waals surface area (Å²) in [7, 11) is 1.33. The van der Waals surface area contributed by atoms with E-state index in [1.807, 2.05) is 23.3 Å². The topological polar surface area (TPSA) is 70.1 Å². The molecule has 1 heterocycles. The highest BCUT2D eigenvalue weighted by Crippen LogP contribution is 2.18. The normalized spacial score (nSPS) is 12.5. The van der Waals surface area contributed by atoms with Crippen LogP contribution in [0.5, 0.6) is 0 Å². The summed E-state index contributed by atoms with van der Waals surface area (Å²) in [6.45, 7) is 4.77. The summed E-state index contributed by atoms with van der Waals surface area (Å²) in [4.78, 5) is 15.6. The molecule has 0 fully saturated rings. The first-order valence-corrected chi connectivity index (χ1v) is 6.73. The number of aromatic nitrogens is 2. The molecule has 0 saturated heterocycles. The zero-order valence-electron chi connectivity index (χ0n) is 10.7. The van der Waals surface area contributed by atoms with Crippen molar-refractivity contribution in [3.63, 3.8) is 0 Å². The molecule has 1 unspecified atom stereocenters. The first-order chi connectivity index (χ1) is 8.01. The first kappa shape index (κ1) is 13.9. The maximum absolute atomic E-state index is 11.4. The number of nitrogens with zero attached hydrogens (tertiary/aromatic N) is 2. The van der Waals surface area contributed by atoms with Crippen LogP contribution in [-0.2, 0) is 11.3 Å². The number of rotatable bonds is 5. The second-order valence-electron chi connectivity index (χ2n) is 3.87. The number of hydrogen-bond acceptors (Lipinski definition) is 5. The van der Waals surface area contributed by atoms with Crippen LogP contribution in [0.4, 0.5) is 5.82 Å². The molecule has 0 aliphatic heterocycles. The van der Waals surface area contributed by atoms with Crippen LogP contribution in [0.2, 0.25) is 0 Å². The van der Waals surface area contributed by atoms with E-state index in [1.165, 1.54) is 7.11 Å². The Hall–Kier alpha value is -1.17. The Morgan fingerprint density at radius 3 is 2.82 bits per heavy atom. The van der Waals surface area contributed by atoms with E-state index in [0.29, 0.717) is 11.1 Å². The van der Waals surface area contributed by atoms with E-state index < -0.39 is 5.97 Å². The molecule has 0 saturated carbocycles. The predicted octanol–water partition coefficient (Wildman–Crippen LogP) is 1.70. The molecule has 1 atom stereocenters. The molecule has 0 aromatic carbocycles. The van der Waals surface area contributed by atoms with Gasteiger partial charge in [-0.1, -0.05) is 6.92 Å². The lowest BCUT2D eigenvalue weighted by Gasteiger charge is -2.11. The highest BCUT2D eigenvalue weighted by Gasteiger charge is 2.19. The first-order valence-electron chi connectivity index (χ1n) is 5.45. The molecule has 17 heavy (non-hydrogen) atoms. The maximum atomic E-state index is 11.4. The third-order valence-corrected chi connectivity index (χ3v) is 3.78. The summed E-state index contributed by atoms with van der Waals surface area (Å²) in [6.07, 6.45) is 3.07. The van der Waals surface area contributed by atoms with Crippen molar-refractivity contribution in [3.8, 4) is 0 Å². The van der Waals surface area contributed by atoms with E-state index >= 15 is 0 Å². The number of hydrogen-bond donors (Lipinski definition) is 1. The fourth-order valence-corrected chi connectivity index (χ4v) is 1.88. The largest absolute Gasteiger partial charge is 0.464 e. The summed E-state index contributed by atoms with van der Waals surface area (Å²) in [5, 5.41) is 0.553. The smallest absolute Gasteiger partial charge is 0.360 e. The summed E-state index contributed by atoms with van der Waals surface area (Å²) in [6, 6.07) is 0. The van der Waals surface area contributed by atoms with Gasteiger partial charge in [-0.05, 0) is 19.6 Å². The van der Waals surface area contributed by atoms with Crippen molar-refractivity contribution >= 4 is 23.5 Å². The van der Waals surface area contributed by atoms with Gasteiger partial charge in [0.1, 0.15) is 11.6 Å². The van der Waals surface area contributed by atoms with Gasteiger partial charge >= 0.3 is 5.97 Å². The Balaban J connectivity index is 2.86. The number of anilines is 1. The van der Waals surface area contributed by atoms with Gasteiger partial charge in [-0.15, -0.1) is 0 Å². The number of nitrogens with two attached hydrogens (primary N) is 1. The zero-order valence-corrected chi connectivity index (χ0v) is 11.5. The van der Waals surface area contributed by atoms with Crippen molar-refractivity contribution in [1.82, 2.24) is 9.55 Å². The molecule has 2 N–H and O–H groups in total. The number of imidazole rings is 1. The van der Waals surface area contributed by atoms with Crippen molar-refractivity contribution in [1.29, 1.82) is 0 Å². The Labute approximate surface area is 106 Å². The van der Waals surface area contributed by atoms with Crippen LogP contribution in [0, 0.1) is 6.92 Å². The Morgan fingerprint density at radius 1 is 1.65 bits per heavy atom. The van der Waals surface area contributed by atoms with Crippen LogP contribution in [0.3, 0.4) is 0 Å². The molecule has 1 aromatic rings. The third kappa shape index (κ3) is 3.15. The van der Waals surface area contributed by atoms with Crippen LogP contribution in [0.1, 0.15) is 29.7 Å². The zero-order chi connectivity index (χ0) is 13.0. The van der Waals surface area contributed by atoms with Gasteiger partial charge in [0.2, 0.25) is 0 Å². The predicted molar refractivity (Wildman–Crippen MR) is 70.3 cm³/mol. The summed E-state index contributed by atoms with van der Waals surface area (Å²) < 4.78 is 6.49. The minimum atomic E-state index is -0.484. The molecule has 1 aromatic heterocycles. The lowest BCUT2D eigenvalue weighted by atomic mass is 10.3. The number of thioether (sulfide) groups is 1. The van der Waals surface area contributed by atoms with Gasteiger partial charge in [0, 0.05) is 11.8 Å². The number of carbonyl (C=O) groups excluding carboxylic acids is 1. The van der Waals surface area contributed by atoms with Gasteiger partial charge in [-0.2, -0.15) is 11.8 Å². The van der Waals surface area contributed by atoms with E-state index in [2.05, 4.69) is 22.9 Å². The number of methoxy groups -OCH3 is 1. The molecule has 0 aliphatic rings.